The molecule has 0 N–H and O–H groups in total. The summed E-state index contributed by atoms with van der Waals surface area (Å²) in [4.78, 5) is 16.4. The highest BCUT2D eigenvalue weighted by molar-refractivity contribution is 5.68. The van der Waals surface area contributed by atoms with E-state index in [0.717, 1.165) is 0 Å². The molecular weight excluding hydrogens is 165 g/mol. The van der Waals surface area contributed by atoms with Crippen LogP contribution in [-0.4, -0.2) is 12.3 Å². The quantitative estimate of drug-likeness (QED) is 0.480. The molecule has 0 aliphatic rings. The standard InChI is InChI=1S/C5H7F3O3/c1-2-3-4(9)10-11-5(6,7)8/h2-3H2,1H3. The van der Waals surface area contributed by atoms with E-state index in [1.165, 1.54) is 0 Å². The molecule has 0 bridgehead atoms. The van der Waals surface area contributed by atoms with Crippen LogP contribution < -0.4 is 0 Å². The molecule has 0 radical (unpaired) electrons. The van der Waals surface area contributed by atoms with Crippen LogP contribution in [0.3, 0.4) is 0 Å². The topological polar surface area (TPSA) is 35.5 Å². The van der Waals surface area contributed by atoms with Crippen LogP contribution in [0.4, 0.5) is 13.2 Å². The van der Waals surface area contributed by atoms with Gasteiger partial charge < -0.3 is 0 Å². The van der Waals surface area contributed by atoms with Crippen molar-refractivity contribution in [1.29, 1.82) is 0 Å². The number of carbonyl (C=O) groups excluding carboxylic acids is 1. The summed E-state index contributed by atoms with van der Waals surface area (Å²) in [5.41, 5.74) is 0. The molecule has 11 heavy (non-hydrogen) atoms. The van der Waals surface area contributed by atoms with Crippen LogP contribution in [0.2, 0.25) is 0 Å². The van der Waals surface area contributed by atoms with Crippen LogP contribution in [0.1, 0.15) is 19.8 Å². The largest absolute Gasteiger partial charge is 0.558 e. The summed E-state index contributed by atoms with van der Waals surface area (Å²) in [6, 6.07) is 0. The Labute approximate surface area is 61.0 Å². The maximum Gasteiger partial charge on any atom is 0.558 e. The van der Waals surface area contributed by atoms with Gasteiger partial charge in [0.25, 0.3) is 0 Å². The van der Waals surface area contributed by atoms with Gasteiger partial charge >= 0.3 is 12.3 Å². The van der Waals surface area contributed by atoms with E-state index in [0.29, 0.717) is 6.42 Å². The second-order valence-corrected chi connectivity index (χ2v) is 1.73. The van der Waals surface area contributed by atoms with E-state index >= 15 is 0 Å². The Bertz CT molecular complexity index is 131. The molecule has 6 heteroatoms. The van der Waals surface area contributed by atoms with Gasteiger partial charge in [-0.25, -0.2) is 4.79 Å². The number of hydrogen-bond donors (Lipinski definition) is 0. The van der Waals surface area contributed by atoms with Crippen molar-refractivity contribution in [2.24, 2.45) is 0 Å². The lowest BCUT2D eigenvalue weighted by Crippen LogP contribution is -2.17. The minimum absolute atomic E-state index is 0.0872. The van der Waals surface area contributed by atoms with Gasteiger partial charge in [-0.3, -0.25) is 4.89 Å². The van der Waals surface area contributed by atoms with Crippen LogP contribution in [0, 0.1) is 0 Å². The van der Waals surface area contributed by atoms with Gasteiger partial charge in [-0.2, -0.15) is 0 Å². The zero-order chi connectivity index (χ0) is 8.91. The summed E-state index contributed by atoms with van der Waals surface area (Å²) in [7, 11) is 0. The van der Waals surface area contributed by atoms with E-state index in [1.807, 2.05) is 0 Å². The molecule has 0 unspecified atom stereocenters. The van der Waals surface area contributed by atoms with Crippen LogP contribution in [0.25, 0.3) is 0 Å². The Kier molecular flexibility index (Phi) is 3.88. The second kappa shape index (κ2) is 4.17. The van der Waals surface area contributed by atoms with Crippen LogP contribution in [0.15, 0.2) is 0 Å². The SMILES string of the molecule is CCCC(=O)OOC(F)(F)F. The van der Waals surface area contributed by atoms with E-state index in [1.54, 1.807) is 6.92 Å². The highest BCUT2D eigenvalue weighted by atomic mass is 19.4. The highest BCUT2D eigenvalue weighted by Crippen LogP contribution is 2.16. The molecule has 0 heterocycles. The molecule has 0 spiro atoms. The first-order chi connectivity index (χ1) is 4.95. The number of carbonyl (C=O) groups is 1. The smallest absolute Gasteiger partial charge is 0.290 e. The van der Waals surface area contributed by atoms with Gasteiger partial charge in [-0.05, 0) is 6.42 Å². The van der Waals surface area contributed by atoms with E-state index in [4.69, 9.17) is 0 Å². The Morgan fingerprint density at radius 2 is 2.00 bits per heavy atom. The first kappa shape index (κ1) is 10.2. The maximum absolute atomic E-state index is 11.2. The van der Waals surface area contributed by atoms with Gasteiger partial charge in [0.05, 0.1) is 0 Å². The third-order valence-electron chi connectivity index (χ3n) is 0.683. The Hall–Kier alpha value is -0.780. The average Bonchev–Trinajstić information content (AvgIpc) is 1.83. The van der Waals surface area contributed by atoms with Crippen molar-refractivity contribution in [1.82, 2.24) is 0 Å². The van der Waals surface area contributed by atoms with Gasteiger partial charge in [0, 0.05) is 6.42 Å². The zero-order valence-electron chi connectivity index (χ0n) is 5.77. The molecule has 0 aromatic carbocycles. The molecule has 0 saturated carbocycles. The van der Waals surface area contributed by atoms with Crippen LogP contribution in [0.5, 0.6) is 0 Å². The molecule has 0 aromatic heterocycles. The molecule has 0 aliphatic carbocycles. The number of rotatable bonds is 3. The van der Waals surface area contributed by atoms with Gasteiger partial charge in [-0.15, -0.1) is 13.2 Å². The fourth-order valence-electron chi connectivity index (χ4n) is 0.340. The minimum atomic E-state index is -4.91. The van der Waals surface area contributed by atoms with E-state index in [-0.39, 0.29) is 6.42 Å². The Morgan fingerprint density at radius 3 is 2.36 bits per heavy atom. The molecule has 0 aromatic rings. The van der Waals surface area contributed by atoms with Crippen molar-refractivity contribution in [3.63, 3.8) is 0 Å². The third-order valence-corrected chi connectivity index (χ3v) is 0.683. The number of halogens is 3. The lowest BCUT2D eigenvalue weighted by molar-refractivity contribution is -0.462. The summed E-state index contributed by atoms with van der Waals surface area (Å²) in [6.45, 7) is 1.63. The van der Waals surface area contributed by atoms with Gasteiger partial charge in [-0.1, -0.05) is 11.8 Å². The van der Waals surface area contributed by atoms with Gasteiger partial charge in [0.15, 0.2) is 0 Å². The third kappa shape index (κ3) is 7.11. The first-order valence-electron chi connectivity index (χ1n) is 2.91. The summed E-state index contributed by atoms with van der Waals surface area (Å²) in [5, 5.41) is 0. The van der Waals surface area contributed by atoms with E-state index < -0.39 is 12.3 Å². The predicted molar refractivity (Wildman–Crippen MR) is 28.1 cm³/mol. The van der Waals surface area contributed by atoms with Gasteiger partial charge in [0.2, 0.25) is 0 Å². The lowest BCUT2D eigenvalue weighted by Gasteiger charge is -2.04. The van der Waals surface area contributed by atoms with Crippen molar-refractivity contribution < 1.29 is 27.7 Å². The predicted octanol–water partition coefficient (Wildman–Crippen LogP) is 1.78. The van der Waals surface area contributed by atoms with Crippen molar-refractivity contribution in [2.75, 3.05) is 0 Å². The molecule has 0 rings (SSSR count). The maximum atomic E-state index is 11.2. The molecule has 66 valence electrons. The monoisotopic (exact) mass is 172 g/mol. The first-order valence-corrected chi connectivity index (χ1v) is 2.91. The fourth-order valence-corrected chi connectivity index (χ4v) is 0.340. The molecule has 0 atom stereocenters. The molecule has 0 saturated heterocycles. The van der Waals surface area contributed by atoms with Crippen molar-refractivity contribution in [2.45, 2.75) is 26.1 Å². The fraction of sp³-hybridized carbons (Fsp3) is 0.800. The van der Waals surface area contributed by atoms with Crippen molar-refractivity contribution in [3.8, 4) is 0 Å². The van der Waals surface area contributed by atoms with E-state index in [9.17, 15) is 18.0 Å². The summed E-state index contributed by atoms with van der Waals surface area (Å²) in [5.74, 6) is -1.02. The molecule has 0 aliphatic heterocycles. The molecule has 0 amide bonds. The molecule has 0 fully saturated rings. The van der Waals surface area contributed by atoms with Gasteiger partial charge in [0.1, 0.15) is 0 Å². The van der Waals surface area contributed by atoms with E-state index in [2.05, 4.69) is 9.78 Å². The summed E-state index contributed by atoms with van der Waals surface area (Å²) in [6.07, 6.45) is -4.58. The average molecular weight is 172 g/mol. The minimum Gasteiger partial charge on any atom is -0.290 e. The lowest BCUT2D eigenvalue weighted by atomic mass is 10.3. The Balaban J connectivity index is 3.46. The number of alkyl halides is 3. The summed E-state index contributed by atoms with van der Waals surface area (Å²) < 4.78 is 33.5. The van der Waals surface area contributed by atoms with Crippen LogP contribution in [-0.2, 0) is 14.6 Å². The van der Waals surface area contributed by atoms with Crippen molar-refractivity contribution in [3.05, 3.63) is 0 Å². The molecular formula is C5H7F3O3. The normalized spacial score (nSPS) is 11.3. The number of hydrogen-bond acceptors (Lipinski definition) is 3. The highest BCUT2D eigenvalue weighted by Gasteiger charge is 2.32. The molecule has 3 nitrogen and oxygen atoms in total. The second-order valence-electron chi connectivity index (χ2n) is 1.73. The van der Waals surface area contributed by atoms with Crippen molar-refractivity contribution >= 4 is 5.97 Å². The Morgan fingerprint density at radius 1 is 1.45 bits per heavy atom. The summed E-state index contributed by atoms with van der Waals surface area (Å²) >= 11 is 0. The zero-order valence-corrected chi connectivity index (χ0v) is 5.77. The van der Waals surface area contributed by atoms with Crippen LogP contribution >= 0.6 is 0 Å².